The number of carbonyl (C=O) groups excluding carboxylic acids is 2. The second kappa shape index (κ2) is 12.2. The van der Waals surface area contributed by atoms with Crippen molar-refractivity contribution in [1.82, 2.24) is 10.2 Å². The number of amides is 2. The smallest absolute Gasteiger partial charge is 0.242 e. The van der Waals surface area contributed by atoms with Crippen molar-refractivity contribution in [3.63, 3.8) is 0 Å². The van der Waals surface area contributed by atoms with E-state index in [1.54, 1.807) is 24.0 Å². The highest BCUT2D eigenvalue weighted by molar-refractivity contribution is 7.99. The third-order valence-corrected chi connectivity index (χ3v) is 5.98. The maximum absolute atomic E-state index is 13.0. The van der Waals surface area contributed by atoms with Crippen LogP contribution in [0, 0.1) is 5.92 Å². The van der Waals surface area contributed by atoms with Crippen molar-refractivity contribution in [3.05, 3.63) is 69.7 Å². The standard InChI is InChI=1S/C23H28Cl2N2O2S/c1-16(2)12-26-23(29)17(3)27(13-18-7-9-20(24)10-8-18)22(28)15-30-14-19-5-4-6-21(25)11-19/h4-11,16-17H,12-15H2,1-3H3,(H,26,29). The first-order chi connectivity index (χ1) is 14.3. The number of thioether (sulfide) groups is 1. The summed E-state index contributed by atoms with van der Waals surface area (Å²) >= 11 is 13.5. The Labute approximate surface area is 193 Å². The highest BCUT2D eigenvalue weighted by atomic mass is 35.5. The molecule has 2 aromatic carbocycles. The molecule has 0 aliphatic rings. The van der Waals surface area contributed by atoms with Crippen LogP contribution in [-0.2, 0) is 21.9 Å². The number of hydrogen-bond acceptors (Lipinski definition) is 3. The lowest BCUT2D eigenvalue weighted by Gasteiger charge is -2.29. The van der Waals surface area contributed by atoms with Gasteiger partial charge in [0.2, 0.25) is 11.8 Å². The molecule has 0 aromatic heterocycles. The zero-order chi connectivity index (χ0) is 22.1. The van der Waals surface area contributed by atoms with Gasteiger partial charge in [0.25, 0.3) is 0 Å². The highest BCUT2D eigenvalue weighted by Crippen LogP contribution is 2.19. The molecule has 0 radical (unpaired) electrons. The Balaban J connectivity index is 2.05. The highest BCUT2D eigenvalue weighted by Gasteiger charge is 2.26. The van der Waals surface area contributed by atoms with E-state index in [-0.39, 0.29) is 17.6 Å². The Bertz CT molecular complexity index is 843. The average molecular weight is 467 g/mol. The zero-order valence-corrected chi connectivity index (χ0v) is 19.9. The van der Waals surface area contributed by atoms with Crippen molar-refractivity contribution in [1.29, 1.82) is 0 Å². The molecule has 0 aliphatic carbocycles. The van der Waals surface area contributed by atoms with Crippen LogP contribution in [0.25, 0.3) is 0 Å². The predicted molar refractivity (Wildman–Crippen MR) is 127 cm³/mol. The molecule has 0 aliphatic heterocycles. The molecule has 2 aromatic rings. The molecule has 1 N–H and O–H groups in total. The minimum absolute atomic E-state index is 0.0795. The molecule has 30 heavy (non-hydrogen) atoms. The van der Waals surface area contributed by atoms with E-state index >= 15 is 0 Å². The molecule has 0 bridgehead atoms. The maximum atomic E-state index is 13.0. The van der Waals surface area contributed by atoms with Gasteiger partial charge in [-0.25, -0.2) is 0 Å². The molecular weight excluding hydrogens is 439 g/mol. The number of nitrogens with zero attached hydrogens (tertiary/aromatic N) is 1. The third-order valence-electron chi connectivity index (χ3n) is 4.50. The molecular formula is C23H28Cl2N2O2S. The Morgan fingerprint density at radius 2 is 1.70 bits per heavy atom. The van der Waals surface area contributed by atoms with Gasteiger partial charge in [0.05, 0.1) is 5.75 Å². The third kappa shape index (κ3) is 8.21. The van der Waals surface area contributed by atoms with Gasteiger partial charge in [-0.05, 0) is 48.2 Å². The molecule has 1 atom stereocenters. The van der Waals surface area contributed by atoms with Crippen LogP contribution in [0.2, 0.25) is 10.0 Å². The summed E-state index contributed by atoms with van der Waals surface area (Å²) in [4.78, 5) is 27.3. The van der Waals surface area contributed by atoms with Gasteiger partial charge >= 0.3 is 0 Å². The first kappa shape index (κ1) is 24.6. The lowest BCUT2D eigenvalue weighted by atomic mass is 10.1. The quantitative estimate of drug-likeness (QED) is 0.508. The largest absolute Gasteiger partial charge is 0.354 e. The SMILES string of the molecule is CC(C)CNC(=O)C(C)N(Cc1ccc(Cl)cc1)C(=O)CSCc1cccc(Cl)c1. The Morgan fingerprint density at radius 3 is 2.33 bits per heavy atom. The molecule has 0 spiro atoms. The van der Waals surface area contributed by atoms with Crippen molar-refractivity contribution in [2.24, 2.45) is 5.92 Å². The predicted octanol–water partition coefficient (Wildman–Crippen LogP) is 5.42. The molecule has 162 valence electrons. The van der Waals surface area contributed by atoms with Gasteiger partial charge in [0.1, 0.15) is 6.04 Å². The van der Waals surface area contributed by atoms with Crippen LogP contribution in [0.1, 0.15) is 31.9 Å². The van der Waals surface area contributed by atoms with Crippen molar-refractivity contribution in [2.45, 2.75) is 39.1 Å². The van der Waals surface area contributed by atoms with Gasteiger partial charge in [-0.2, -0.15) is 0 Å². The summed E-state index contributed by atoms with van der Waals surface area (Å²) < 4.78 is 0. The normalized spacial score (nSPS) is 11.9. The first-order valence-electron chi connectivity index (χ1n) is 9.90. The van der Waals surface area contributed by atoms with E-state index in [0.29, 0.717) is 34.8 Å². The van der Waals surface area contributed by atoms with E-state index in [0.717, 1.165) is 11.1 Å². The van der Waals surface area contributed by atoms with Crippen LogP contribution in [-0.4, -0.2) is 35.1 Å². The lowest BCUT2D eigenvalue weighted by Crippen LogP contribution is -2.48. The van der Waals surface area contributed by atoms with Crippen molar-refractivity contribution < 1.29 is 9.59 Å². The Kier molecular flexibility index (Phi) is 10.0. The van der Waals surface area contributed by atoms with E-state index in [1.807, 2.05) is 50.2 Å². The number of nitrogens with one attached hydrogen (secondary N) is 1. The van der Waals surface area contributed by atoms with Crippen molar-refractivity contribution in [3.8, 4) is 0 Å². The number of carbonyl (C=O) groups is 2. The second-order valence-electron chi connectivity index (χ2n) is 7.59. The van der Waals surface area contributed by atoms with Gasteiger partial charge < -0.3 is 10.2 Å². The topological polar surface area (TPSA) is 49.4 Å². The van der Waals surface area contributed by atoms with Gasteiger partial charge in [0, 0.05) is 28.9 Å². The molecule has 4 nitrogen and oxygen atoms in total. The molecule has 0 saturated carbocycles. The molecule has 7 heteroatoms. The van der Waals surface area contributed by atoms with Gasteiger partial charge in [-0.15, -0.1) is 11.8 Å². The molecule has 0 fully saturated rings. The van der Waals surface area contributed by atoms with E-state index in [4.69, 9.17) is 23.2 Å². The van der Waals surface area contributed by atoms with E-state index in [1.165, 1.54) is 11.8 Å². The van der Waals surface area contributed by atoms with E-state index in [2.05, 4.69) is 5.32 Å². The van der Waals surface area contributed by atoms with Gasteiger partial charge in [0.15, 0.2) is 0 Å². The molecule has 0 saturated heterocycles. The summed E-state index contributed by atoms with van der Waals surface area (Å²) in [7, 11) is 0. The van der Waals surface area contributed by atoms with Crippen molar-refractivity contribution in [2.75, 3.05) is 12.3 Å². The molecule has 2 amide bonds. The summed E-state index contributed by atoms with van der Waals surface area (Å²) in [5.41, 5.74) is 1.99. The second-order valence-corrected chi connectivity index (χ2v) is 9.44. The fourth-order valence-electron chi connectivity index (χ4n) is 2.79. The fraction of sp³-hybridized carbons (Fsp3) is 0.391. The van der Waals surface area contributed by atoms with Crippen LogP contribution in [0.5, 0.6) is 0 Å². The van der Waals surface area contributed by atoms with Crippen LogP contribution < -0.4 is 5.32 Å². The van der Waals surface area contributed by atoms with Crippen LogP contribution >= 0.6 is 35.0 Å². The zero-order valence-electron chi connectivity index (χ0n) is 17.5. The summed E-state index contributed by atoms with van der Waals surface area (Å²) in [6, 6.07) is 14.4. The Morgan fingerprint density at radius 1 is 1.00 bits per heavy atom. The lowest BCUT2D eigenvalue weighted by molar-refractivity contribution is -0.138. The minimum Gasteiger partial charge on any atom is -0.354 e. The van der Waals surface area contributed by atoms with E-state index in [9.17, 15) is 9.59 Å². The monoisotopic (exact) mass is 466 g/mol. The number of halogens is 2. The van der Waals surface area contributed by atoms with Gasteiger partial charge in [-0.3, -0.25) is 9.59 Å². The van der Waals surface area contributed by atoms with E-state index < -0.39 is 6.04 Å². The summed E-state index contributed by atoms with van der Waals surface area (Å²) in [6.07, 6.45) is 0. The fourth-order valence-corrected chi connectivity index (χ4v) is 3.98. The number of benzene rings is 2. The van der Waals surface area contributed by atoms with Crippen LogP contribution in [0.4, 0.5) is 0 Å². The molecule has 0 heterocycles. The minimum atomic E-state index is -0.571. The van der Waals surface area contributed by atoms with Crippen LogP contribution in [0.3, 0.4) is 0 Å². The van der Waals surface area contributed by atoms with Gasteiger partial charge in [-0.1, -0.05) is 61.3 Å². The molecule has 2 rings (SSSR count). The number of hydrogen-bond donors (Lipinski definition) is 1. The van der Waals surface area contributed by atoms with Crippen molar-refractivity contribution >= 4 is 46.8 Å². The van der Waals surface area contributed by atoms with Crippen LogP contribution in [0.15, 0.2) is 48.5 Å². The maximum Gasteiger partial charge on any atom is 0.242 e. The summed E-state index contributed by atoms with van der Waals surface area (Å²) in [5, 5.41) is 4.24. The molecule has 1 unspecified atom stereocenters. The number of rotatable bonds is 10. The summed E-state index contributed by atoms with van der Waals surface area (Å²) in [5.74, 6) is 1.07. The summed E-state index contributed by atoms with van der Waals surface area (Å²) in [6.45, 7) is 6.77. The average Bonchev–Trinajstić information content (AvgIpc) is 2.71. The Hall–Kier alpha value is -1.69. The first-order valence-corrected chi connectivity index (χ1v) is 11.8.